The summed E-state index contributed by atoms with van der Waals surface area (Å²) in [6.07, 6.45) is 1.60. The van der Waals surface area contributed by atoms with Crippen LogP contribution in [0, 0.1) is 0 Å². The number of para-hydroxylation sites is 1. The number of aryl methyl sites for hydroxylation is 1. The third-order valence-electron chi connectivity index (χ3n) is 2.87. The van der Waals surface area contributed by atoms with Crippen molar-refractivity contribution in [3.63, 3.8) is 0 Å². The van der Waals surface area contributed by atoms with Gasteiger partial charge in [-0.25, -0.2) is 0 Å². The standard InChI is InChI=1S/C15H26O3Si/c1-19(2,3)12-11-17-13-18-15-9-5-4-7-14(15)8-6-10-16/h4-5,7,9,16H,6,8,10-13H2,1-3H3. The second kappa shape index (κ2) is 8.35. The number of aliphatic hydroxyl groups excluding tert-OH is 1. The van der Waals surface area contributed by atoms with Crippen LogP contribution in [-0.4, -0.2) is 33.2 Å². The third-order valence-corrected chi connectivity index (χ3v) is 4.58. The number of benzene rings is 1. The van der Waals surface area contributed by atoms with Crippen LogP contribution < -0.4 is 4.74 Å². The third kappa shape index (κ3) is 7.35. The van der Waals surface area contributed by atoms with Gasteiger partial charge in [-0.05, 0) is 30.5 Å². The van der Waals surface area contributed by atoms with Crippen molar-refractivity contribution in [1.82, 2.24) is 0 Å². The Labute approximate surface area is 117 Å². The van der Waals surface area contributed by atoms with Gasteiger partial charge in [0.05, 0.1) is 0 Å². The summed E-state index contributed by atoms with van der Waals surface area (Å²) in [6, 6.07) is 9.09. The topological polar surface area (TPSA) is 38.7 Å². The molecule has 3 nitrogen and oxygen atoms in total. The molecule has 1 rings (SSSR count). The van der Waals surface area contributed by atoms with Gasteiger partial charge in [-0.1, -0.05) is 37.8 Å². The molecular weight excluding hydrogens is 256 g/mol. The maximum absolute atomic E-state index is 8.88. The average Bonchev–Trinajstić information content (AvgIpc) is 2.36. The van der Waals surface area contributed by atoms with Crippen molar-refractivity contribution in [2.24, 2.45) is 0 Å². The lowest BCUT2D eigenvalue weighted by Gasteiger charge is -2.16. The van der Waals surface area contributed by atoms with E-state index in [1.165, 1.54) is 0 Å². The zero-order valence-electron chi connectivity index (χ0n) is 12.3. The van der Waals surface area contributed by atoms with Gasteiger partial charge in [0, 0.05) is 21.3 Å². The summed E-state index contributed by atoms with van der Waals surface area (Å²) in [7, 11) is -1.02. The summed E-state index contributed by atoms with van der Waals surface area (Å²) in [4.78, 5) is 0. The Hall–Kier alpha value is -0.843. The number of rotatable bonds is 9. The SMILES string of the molecule is C[Si](C)(C)CCOCOc1ccccc1CCCO. The molecule has 4 heteroatoms. The van der Waals surface area contributed by atoms with Crippen molar-refractivity contribution in [2.45, 2.75) is 38.5 Å². The molecule has 0 fully saturated rings. The fraction of sp³-hybridized carbons (Fsp3) is 0.600. The highest BCUT2D eigenvalue weighted by molar-refractivity contribution is 6.76. The largest absolute Gasteiger partial charge is 0.467 e. The van der Waals surface area contributed by atoms with Crippen molar-refractivity contribution in [3.05, 3.63) is 29.8 Å². The smallest absolute Gasteiger partial charge is 0.189 e. The Morgan fingerprint density at radius 2 is 1.89 bits per heavy atom. The summed E-state index contributed by atoms with van der Waals surface area (Å²) in [5.74, 6) is 0.865. The maximum Gasteiger partial charge on any atom is 0.189 e. The first-order chi connectivity index (χ1) is 9.03. The second-order valence-electron chi connectivity index (χ2n) is 5.92. The van der Waals surface area contributed by atoms with Crippen molar-refractivity contribution in [3.8, 4) is 5.75 Å². The molecule has 19 heavy (non-hydrogen) atoms. The van der Waals surface area contributed by atoms with E-state index in [0.29, 0.717) is 6.79 Å². The Kier molecular flexibility index (Phi) is 7.13. The fourth-order valence-corrected chi connectivity index (χ4v) is 2.42. The van der Waals surface area contributed by atoms with Gasteiger partial charge in [0.15, 0.2) is 6.79 Å². The van der Waals surface area contributed by atoms with E-state index in [9.17, 15) is 0 Å². The Bertz CT molecular complexity index is 361. The molecule has 0 aliphatic heterocycles. The Morgan fingerprint density at radius 1 is 1.16 bits per heavy atom. The van der Waals surface area contributed by atoms with Crippen LogP contribution in [-0.2, 0) is 11.2 Å². The lowest BCUT2D eigenvalue weighted by atomic mass is 10.1. The summed E-state index contributed by atoms with van der Waals surface area (Å²) >= 11 is 0. The molecule has 0 amide bonds. The van der Waals surface area contributed by atoms with E-state index in [-0.39, 0.29) is 6.61 Å². The molecule has 0 aromatic heterocycles. The van der Waals surface area contributed by atoms with Gasteiger partial charge in [-0.15, -0.1) is 0 Å². The van der Waals surface area contributed by atoms with Crippen LogP contribution in [0.1, 0.15) is 12.0 Å². The van der Waals surface area contributed by atoms with Crippen LogP contribution in [0.4, 0.5) is 0 Å². The quantitative estimate of drug-likeness (QED) is 0.429. The molecule has 0 aliphatic carbocycles. The van der Waals surface area contributed by atoms with Crippen LogP contribution in [0.25, 0.3) is 0 Å². The molecule has 0 atom stereocenters. The molecule has 108 valence electrons. The highest BCUT2D eigenvalue weighted by Crippen LogP contribution is 2.19. The zero-order chi connectivity index (χ0) is 14.1. The van der Waals surface area contributed by atoms with Gasteiger partial charge in [0.1, 0.15) is 5.75 Å². The molecule has 0 spiro atoms. The Morgan fingerprint density at radius 3 is 2.58 bits per heavy atom. The summed E-state index contributed by atoms with van der Waals surface area (Å²) in [6.45, 7) is 8.29. The van der Waals surface area contributed by atoms with E-state index in [4.69, 9.17) is 14.6 Å². The van der Waals surface area contributed by atoms with Crippen molar-refractivity contribution >= 4 is 8.07 Å². The van der Waals surface area contributed by atoms with E-state index in [1.807, 2.05) is 24.3 Å². The molecule has 0 unspecified atom stereocenters. The number of ether oxygens (including phenoxy) is 2. The fourth-order valence-electron chi connectivity index (χ4n) is 1.66. The molecular formula is C15H26O3Si. The molecule has 0 radical (unpaired) electrons. The van der Waals surface area contributed by atoms with Crippen LogP contribution >= 0.6 is 0 Å². The first-order valence-corrected chi connectivity index (χ1v) is 10.6. The molecule has 0 saturated carbocycles. The molecule has 0 bridgehead atoms. The highest BCUT2D eigenvalue weighted by atomic mass is 28.3. The molecule has 1 aromatic carbocycles. The normalized spacial score (nSPS) is 11.6. The minimum atomic E-state index is -1.02. The summed E-state index contributed by atoms with van der Waals surface area (Å²) in [5, 5.41) is 8.88. The predicted octanol–water partition coefficient (Wildman–Crippen LogP) is 3.30. The first kappa shape index (κ1) is 16.2. The predicted molar refractivity (Wildman–Crippen MR) is 81.4 cm³/mol. The van der Waals surface area contributed by atoms with Crippen LogP contribution in [0.5, 0.6) is 5.75 Å². The van der Waals surface area contributed by atoms with Gasteiger partial charge in [-0.3, -0.25) is 0 Å². The molecule has 1 aromatic rings. The van der Waals surface area contributed by atoms with Gasteiger partial charge in [0.25, 0.3) is 0 Å². The maximum atomic E-state index is 8.88. The lowest BCUT2D eigenvalue weighted by molar-refractivity contribution is 0.0214. The van der Waals surface area contributed by atoms with Crippen molar-refractivity contribution in [2.75, 3.05) is 20.0 Å². The highest BCUT2D eigenvalue weighted by Gasteiger charge is 2.12. The average molecular weight is 282 g/mol. The van der Waals surface area contributed by atoms with E-state index in [1.54, 1.807) is 0 Å². The van der Waals surface area contributed by atoms with Gasteiger partial charge >= 0.3 is 0 Å². The molecule has 0 aliphatic rings. The van der Waals surface area contributed by atoms with Crippen LogP contribution in [0.2, 0.25) is 25.7 Å². The van der Waals surface area contributed by atoms with Crippen molar-refractivity contribution < 1.29 is 14.6 Å². The molecule has 1 N–H and O–H groups in total. The summed E-state index contributed by atoms with van der Waals surface area (Å²) < 4.78 is 11.2. The van der Waals surface area contributed by atoms with Crippen LogP contribution in [0.3, 0.4) is 0 Å². The van der Waals surface area contributed by atoms with Gasteiger partial charge in [0.2, 0.25) is 0 Å². The number of hydrogen-bond acceptors (Lipinski definition) is 3. The minimum Gasteiger partial charge on any atom is -0.467 e. The minimum absolute atomic E-state index is 0.209. The summed E-state index contributed by atoms with van der Waals surface area (Å²) in [5.41, 5.74) is 1.13. The van der Waals surface area contributed by atoms with E-state index in [0.717, 1.165) is 36.8 Å². The van der Waals surface area contributed by atoms with E-state index < -0.39 is 8.07 Å². The van der Waals surface area contributed by atoms with Crippen LogP contribution in [0.15, 0.2) is 24.3 Å². The first-order valence-electron chi connectivity index (χ1n) is 6.92. The van der Waals surface area contributed by atoms with E-state index in [2.05, 4.69) is 19.6 Å². The van der Waals surface area contributed by atoms with Gasteiger partial charge in [-0.2, -0.15) is 0 Å². The van der Waals surface area contributed by atoms with Gasteiger partial charge < -0.3 is 14.6 Å². The second-order valence-corrected chi connectivity index (χ2v) is 11.5. The Balaban J connectivity index is 2.32. The zero-order valence-corrected chi connectivity index (χ0v) is 13.3. The molecule has 0 heterocycles. The number of hydrogen-bond donors (Lipinski definition) is 1. The lowest BCUT2D eigenvalue weighted by Crippen LogP contribution is -2.22. The van der Waals surface area contributed by atoms with E-state index >= 15 is 0 Å². The van der Waals surface area contributed by atoms with Crippen molar-refractivity contribution in [1.29, 1.82) is 0 Å². The number of aliphatic hydroxyl groups is 1. The molecule has 0 saturated heterocycles. The monoisotopic (exact) mass is 282 g/mol.